The quantitative estimate of drug-likeness (QED) is 0.360. The predicted octanol–water partition coefficient (Wildman–Crippen LogP) is 5.31. The van der Waals surface area contributed by atoms with E-state index < -0.39 is 10.0 Å². The van der Waals surface area contributed by atoms with Gasteiger partial charge in [-0.25, -0.2) is 18.4 Å². The highest BCUT2D eigenvalue weighted by Gasteiger charge is 2.23. The summed E-state index contributed by atoms with van der Waals surface area (Å²) in [5.74, 6) is 2.02. The minimum absolute atomic E-state index is 0.0493. The molecule has 0 saturated carbocycles. The Balaban J connectivity index is 1.41. The first kappa shape index (κ1) is 25.8. The summed E-state index contributed by atoms with van der Waals surface area (Å²) in [5.41, 5.74) is 4.57. The minimum atomic E-state index is -3.72. The Morgan fingerprint density at radius 3 is 2.29 bits per heavy atom. The third kappa shape index (κ3) is 4.98. The maximum atomic E-state index is 13.1. The van der Waals surface area contributed by atoms with Gasteiger partial charge < -0.3 is 14.4 Å². The van der Waals surface area contributed by atoms with Crippen LogP contribution >= 0.6 is 0 Å². The number of hydrogen-bond donors (Lipinski definition) is 1. The fraction of sp³-hybridized carbons (Fsp3) is 0.310. The van der Waals surface area contributed by atoms with E-state index in [0.717, 1.165) is 40.8 Å². The molecule has 38 heavy (non-hydrogen) atoms. The number of aromatic nitrogens is 2. The second-order valence-electron chi connectivity index (χ2n) is 10.5. The fourth-order valence-corrected chi connectivity index (χ4v) is 5.82. The predicted molar refractivity (Wildman–Crippen MR) is 150 cm³/mol. The molecule has 198 valence electrons. The van der Waals surface area contributed by atoms with Crippen LogP contribution in [0.5, 0.6) is 11.5 Å². The van der Waals surface area contributed by atoms with Gasteiger partial charge in [0.05, 0.1) is 24.6 Å². The Bertz CT molecular complexity index is 1600. The summed E-state index contributed by atoms with van der Waals surface area (Å²) >= 11 is 0. The molecule has 4 aromatic rings. The first-order valence-electron chi connectivity index (χ1n) is 12.5. The summed E-state index contributed by atoms with van der Waals surface area (Å²) in [6, 6.07) is 16.5. The van der Waals surface area contributed by atoms with Gasteiger partial charge in [-0.1, -0.05) is 39.0 Å². The third-order valence-electron chi connectivity index (χ3n) is 6.92. The topological polar surface area (TPSA) is 93.7 Å². The van der Waals surface area contributed by atoms with Crippen molar-refractivity contribution in [2.24, 2.45) is 0 Å². The molecule has 0 saturated heterocycles. The van der Waals surface area contributed by atoms with Crippen LogP contribution in [0.25, 0.3) is 10.9 Å². The Labute approximate surface area is 223 Å². The molecule has 0 unspecified atom stereocenters. The standard InChI is InChI=1S/C29H32N4O4S/c1-29(2,3)21-7-10-23(11-8-21)38(34,35)32-22-9-6-19-12-13-33(17-20(19)14-22)28-24-15-26(36-4)27(37-5)16-25(24)30-18-31-28/h6-11,14-16,18,32H,12-13,17H2,1-5H3. The second-order valence-corrected chi connectivity index (χ2v) is 12.1. The maximum Gasteiger partial charge on any atom is 0.261 e. The van der Waals surface area contributed by atoms with Crippen LogP contribution in [0, 0.1) is 0 Å². The molecule has 3 aromatic carbocycles. The lowest BCUT2D eigenvalue weighted by Crippen LogP contribution is -2.31. The van der Waals surface area contributed by atoms with Crippen molar-refractivity contribution in [3.05, 3.63) is 77.6 Å². The van der Waals surface area contributed by atoms with E-state index in [2.05, 4.69) is 40.4 Å². The third-order valence-corrected chi connectivity index (χ3v) is 8.32. The van der Waals surface area contributed by atoms with Crippen LogP contribution in [0.1, 0.15) is 37.5 Å². The molecule has 0 bridgehead atoms. The van der Waals surface area contributed by atoms with Crippen molar-refractivity contribution in [3.8, 4) is 11.5 Å². The van der Waals surface area contributed by atoms with Gasteiger partial charge >= 0.3 is 0 Å². The number of hydrogen-bond acceptors (Lipinski definition) is 7. The molecule has 8 nitrogen and oxygen atoms in total. The number of nitrogens with zero attached hydrogens (tertiary/aromatic N) is 3. The van der Waals surface area contributed by atoms with Gasteiger partial charge in [0.1, 0.15) is 12.1 Å². The lowest BCUT2D eigenvalue weighted by molar-refractivity contribution is 0.356. The average Bonchev–Trinajstić information content (AvgIpc) is 2.90. The van der Waals surface area contributed by atoms with Gasteiger partial charge in [-0.05, 0) is 58.9 Å². The van der Waals surface area contributed by atoms with Crippen molar-refractivity contribution < 1.29 is 17.9 Å². The summed E-state index contributed by atoms with van der Waals surface area (Å²) < 4.78 is 39.9. The number of nitrogens with one attached hydrogen (secondary N) is 1. The van der Waals surface area contributed by atoms with Crippen molar-refractivity contribution in [1.82, 2.24) is 9.97 Å². The van der Waals surface area contributed by atoms with Crippen LogP contribution in [0.3, 0.4) is 0 Å². The number of ether oxygens (including phenoxy) is 2. The molecule has 2 heterocycles. The summed E-state index contributed by atoms with van der Waals surface area (Å²) in [7, 11) is -0.521. The molecule has 0 atom stereocenters. The van der Waals surface area contributed by atoms with E-state index in [0.29, 0.717) is 23.7 Å². The summed E-state index contributed by atoms with van der Waals surface area (Å²) in [4.78, 5) is 11.4. The minimum Gasteiger partial charge on any atom is -0.493 e. The molecule has 0 amide bonds. The van der Waals surface area contributed by atoms with Gasteiger partial charge in [0.2, 0.25) is 0 Å². The molecule has 0 spiro atoms. The zero-order valence-corrected chi connectivity index (χ0v) is 23.1. The van der Waals surface area contributed by atoms with Gasteiger partial charge in [0, 0.05) is 30.2 Å². The number of sulfonamides is 1. The van der Waals surface area contributed by atoms with Crippen LogP contribution in [-0.2, 0) is 28.4 Å². The molecule has 0 fully saturated rings. The van der Waals surface area contributed by atoms with Gasteiger partial charge in [-0.2, -0.15) is 0 Å². The van der Waals surface area contributed by atoms with Crippen molar-refractivity contribution in [3.63, 3.8) is 0 Å². The van der Waals surface area contributed by atoms with E-state index in [1.807, 2.05) is 42.5 Å². The van der Waals surface area contributed by atoms with Gasteiger partial charge in [0.15, 0.2) is 11.5 Å². The molecule has 1 aliphatic heterocycles. The maximum absolute atomic E-state index is 13.1. The Kier molecular flexibility index (Phi) is 6.65. The Morgan fingerprint density at radius 2 is 1.61 bits per heavy atom. The fourth-order valence-electron chi connectivity index (χ4n) is 4.77. The van der Waals surface area contributed by atoms with Crippen molar-refractivity contribution in [2.45, 2.75) is 44.0 Å². The van der Waals surface area contributed by atoms with Crippen molar-refractivity contribution in [2.75, 3.05) is 30.4 Å². The van der Waals surface area contributed by atoms with Gasteiger partial charge in [-0.15, -0.1) is 0 Å². The Morgan fingerprint density at radius 1 is 0.895 bits per heavy atom. The summed E-state index contributed by atoms with van der Waals surface area (Å²) in [6.07, 6.45) is 2.37. The monoisotopic (exact) mass is 532 g/mol. The van der Waals surface area contributed by atoms with Crippen molar-refractivity contribution >= 4 is 32.4 Å². The SMILES string of the molecule is COc1cc2ncnc(N3CCc4ccc(NS(=O)(=O)c5ccc(C(C)(C)C)cc5)cc4C3)c2cc1OC. The molecular weight excluding hydrogens is 500 g/mol. The zero-order chi connectivity index (χ0) is 27.1. The van der Waals surface area contributed by atoms with Crippen LogP contribution in [0.15, 0.2) is 65.8 Å². The Hall–Kier alpha value is -3.85. The molecule has 9 heteroatoms. The molecule has 1 N–H and O–H groups in total. The number of benzene rings is 3. The lowest BCUT2D eigenvalue weighted by atomic mass is 9.87. The highest BCUT2D eigenvalue weighted by atomic mass is 32.2. The largest absolute Gasteiger partial charge is 0.493 e. The average molecular weight is 533 g/mol. The molecule has 0 radical (unpaired) electrons. The van der Waals surface area contributed by atoms with Gasteiger partial charge in [-0.3, -0.25) is 4.72 Å². The van der Waals surface area contributed by atoms with Crippen LogP contribution in [0.4, 0.5) is 11.5 Å². The molecule has 1 aromatic heterocycles. The van der Waals surface area contributed by atoms with Crippen LogP contribution < -0.4 is 19.1 Å². The number of fused-ring (bicyclic) bond motifs is 2. The molecule has 1 aliphatic rings. The number of anilines is 2. The summed E-state index contributed by atoms with van der Waals surface area (Å²) in [6.45, 7) is 7.67. The first-order chi connectivity index (χ1) is 18.1. The molecular formula is C29H32N4O4S. The van der Waals surface area contributed by atoms with Crippen molar-refractivity contribution in [1.29, 1.82) is 0 Å². The molecule has 0 aliphatic carbocycles. The number of methoxy groups -OCH3 is 2. The van der Waals surface area contributed by atoms with E-state index >= 15 is 0 Å². The highest BCUT2D eigenvalue weighted by Crippen LogP contribution is 2.36. The van der Waals surface area contributed by atoms with E-state index in [4.69, 9.17) is 9.47 Å². The van der Waals surface area contributed by atoms with Gasteiger partial charge in [0.25, 0.3) is 10.0 Å². The smallest absolute Gasteiger partial charge is 0.261 e. The highest BCUT2D eigenvalue weighted by molar-refractivity contribution is 7.92. The molecule has 5 rings (SSSR count). The first-order valence-corrected chi connectivity index (χ1v) is 13.9. The van der Waals surface area contributed by atoms with Crippen LogP contribution in [-0.4, -0.2) is 39.2 Å². The van der Waals surface area contributed by atoms with E-state index in [1.54, 1.807) is 32.7 Å². The second kappa shape index (κ2) is 9.79. The van der Waals surface area contributed by atoms with Crippen LogP contribution in [0.2, 0.25) is 0 Å². The number of rotatable bonds is 6. The normalized spacial score (nSPS) is 13.8. The summed E-state index contributed by atoms with van der Waals surface area (Å²) in [5, 5.41) is 0.865. The van der Waals surface area contributed by atoms with E-state index in [9.17, 15) is 8.42 Å². The van der Waals surface area contributed by atoms with E-state index in [1.165, 1.54) is 5.56 Å². The zero-order valence-electron chi connectivity index (χ0n) is 22.3. The van der Waals surface area contributed by atoms with E-state index in [-0.39, 0.29) is 10.3 Å². The lowest BCUT2D eigenvalue weighted by Gasteiger charge is -2.31.